The van der Waals surface area contributed by atoms with Crippen LogP contribution in [0.1, 0.15) is 31.2 Å². The summed E-state index contributed by atoms with van der Waals surface area (Å²) in [6.45, 7) is 2.12. The number of hydrogen-bond acceptors (Lipinski definition) is 2. The summed E-state index contributed by atoms with van der Waals surface area (Å²) < 4.78 is 5.21. The van der Waals surface area contributed by atoms with E-state index in [0.717, 1.165) is 24.8 Å². The molecule has 0 heterocycles. The van der Waals surface area contributed by atoms with Crippen molar-refractivity contribution in [1.29, 1.82) is 0 Å². The van der Waals surface area contributed by atoms with E-state index in [0.29, 0.717) is 0 Å². The molecule has 1 N–H and O–H groups in total. The average molecular weight is 219 g/mol. The summed E-state index contributed by atoms with van der Waals surface area (Å²) in [4.78, 5) is 0. The highest BCUT2D eigenvalue weighted by molar-refractivity contribution is 5.28. The zero-order valence-corrected chi connectivity index (χ0v) is 10.0. The molecule has 0 radical (unpaired) electrons. The SMILES string of the molecule is COc1cccc(CNCC2CCCC2)c1. The molecular formula is C14H21NO. The van der Waals surface area contributed by atoms with Crippen LogP contribution >= 0.6 is 0 Å². The maximum absolute atomic E-state index is 5.21. The number of hydrogen-bond donors (Lipinski definition) is 1. The molecule has 0 bridgehead atoms. The molecular weight excluding hydrogens is 198 g/mol. The van der Waals surface area contributed by atoms with E-state index in [1.165, 1.54) is 31.2 Å². The first-order valence-corrected chi connectivity index (χ1v) is 6.22. The van der Waals surface area contributed by atoms with Gasteiger partial charge in [0.15, 0.2) is 0 Å². The second-order valence-corrected chi connectivity index (χ2v) is 4.63. The number of methoxy groups -OCH3 is 1. The lowest BCUT2D eigenvalue weighted by atomic mass is 10.1. The molecule has 1 aliphatic carbocycles. The Bertz CT molecular complexity index is 318. The molecule has 2 heteroatoms. The summed E-state index contributed by atoms with van der Waals surface area (Å²) in [6.07, 6.45) is 5.66. The highest BCUT2D eigenvalue weighted by atomic mass is 16.5. The summed E-state index contributed by atoms with van der Waals surface area (Å²) in [5.74, 6) is 1.85. The van der Waals surface area contributed by atoms with E-state index in [9.17, 15) is 0 Å². The highest BCUT2D eigenvalue weighted by Crippen LogP contribution is 2.23. The molecule has 1 aromatic carbocycles. The van der Waals surface area contributed by atoms with Crippen LogP contribution in [-0.2, 0) is 6.54 Å². The Balaban J connectivity index is 1.75. The third kappa shape index (κ3) is 3.24. The fourth-order valence-corrected chi connectivity index (χ4v) is 2.42. The molecule has 2 nitrogen and oxygen atoms in total. The van der Waals surface area contributed by atoms with Crippen LogP contribution in [0, 0.1) is 5.92 Å². The van der Waals surface area contributed by atoms with Crippen molar-refractivity contribution in [3.05, 3.63) is 29.8 Å². The van der Waals surface area contributed by atoms with Crippen molar-refractivity contribution < 1.29 is 4.74 Å². The van der Waals surface area contributed by atoms with Gasteiger partial charge in [0, 0.05) is 6.54 Å². The lowest BCUT2D eigenvalue weighted by Crippen LogP contribution is -2.20. The molecule has 0 unspecified atom stereocenters. The maximum atomic E-state index is 5.21. The van der Waals surface area contributed by atoms with Gasteiger partial charge in [0.1, 0.15) is 5.75 Å². The van der Waals surface area contributed by atoms with Crippen molar-refractivity contribution in [1.82, 2.24) is 5.32 Å². The minimum Gasteiger partial charge on any atom is -0.497 e. The van der Waals surface area contributed by atoms with Gasteiger partial charge in [-0.2, -0.15) is 0 Å². The van der Waals surface area contributed by atoms with E-state index in [2.05, 4.69) is 17.4 Å². The Hall–Kier alpha value is -1.02. The Morgan fingerprint density at radius 1 is 1.31 bits per heavy atom. The first kappa shape index (κ1) is 11.5. The van der Waals surface area contributed by atoms with Crippen LogP contribution in [0.2, 0.25) is 0 Å². The van der Waals surface area contributed by atoms with Gasteiger partial charge < -0.3 is 10.1 Å². The zero-order valence-electron chi connectivity index (χ0n) is 10.0. The second-order valence-electron chi connectivity index (χ2n) is 4.63. The largest absolute Gasteiger partial charge is 0.497 e. The molecule has 1 aromatic rings. The number of rotatable bonds is 5. The molecule has 0 spiro atoms. The Labute approximate surface area is 98.0 Å². The molecule has 0 aromatic heterocycles. The van der Waals surface area contributed by atoms with Gasteiger partial charge in [-0.05, 0) is 43.0 Å². The fraction of sp³-hybridized carbons (Fsp3) is 0.571. The number of benzene rings is 1. The first-order valence-electron chi connectivity index (χ1n) is 6.22. The van der Waals surface area contributed by atoms with E-state index >= 15 is 0 Å². The first-order chi connectivity index (χ1) is 7.88. The van der Waals surface area contributed by atoms with Gasteiger partial charge in [-0.3, -0.25) is 0 Å². The zero-order chi connectivity index (χ0) is 11.2. The van der Waals surface area contributed by atoms with Crippen LogP contribution in [0.15, 0.2) is 24.3 Å². The molecule has 1 fully saturated rings. The van der Waals surface area contributed by atoms with Gasteiger partial charge >= 0.3 is 0 Å². The molecule has 1 aliphatic rings. The summed E-state index contributed by atoms with van der Waals surface area (Å²) in [5.41, 5.74) is 1.30. The van der Waals surface area contributed by atoms with Crippen LogP contribution < -0.4 is 10.1 Å². The van der Waals surface area contributed by atoms with Crippen molar-refractivity contribution >= 4 is 0 Å². The average Bonchev–Trinajstić information content (AvgIpc) is 2.82. The lowest BCUT2D eigenvalue weighted by Gasteiger charge is -2.11. The molecule has 0 atom stereocenters. The quantitative estimate of drug-likeness (QED) is 0.822. The van der Waals surface area contributed by atoms with Crippen molar-refractivity contribution in [3.8, 4) is 5.75 Å². The molecule has 0 amide bonds. The molecule has 16 heavy (non-hydrogen) atoms. The van der Waals surface area contributed by atoms with Gasteiger partial charge in [-0.15, -0.1) is 0 Å². The Morgan fingerprint density at radius 3 is 2.88 bits per heavy atom. The van der Waals surface area contributed by atoms with E-state index in [4.69, 9.17) is 4.74 Å². The Morgan fingerprint density at radius 2 is 2.12 bits per heavy atom. The predicted octanol–water partition coefficient (Wildman–Crippen LogP) is 2.98. The summed E-state index contributed by atoms with van der Waals surface area (Å²) in [6, 6.07) is 8.28. The van der Waals surface area contributed by atoms with Crippen molar-refractivity contribution in [2.75, 3.05) is 13.7 Å². The van der Waals surface area contributed by atoms with Gasteiger partial charge in [0.25, 0.3) is 0 Å². The summed E-state index contributed by atoms with van der Waals surface area (Å²) in [7, 11) is 1.71. The normalized spacial score (nSPS) is 16.6. The van der Waals surface area contributed by atoms with Crippen molar-refractivity contribution in [2.24, 2.45) is 5.92 Å². The smallest absolute Gasteiger partial charge is 0.119 e. The molecule has 88 valence electrons. The van der Waals surface area contributed by atoms with Crippen LogP contribution in [0.5, 0.6) is 5.75 Å². The number of ether oxygens (including phenoxy) is 1. The van der Waals surface area contributed by atoms with Crippen LogP contribution in [0.4, 0.5) is 0 Å². The van der Waals surface area contributed by atoms with Crippen LogP contribution in [0.25, 0.3) is 0 Å². The predicted molar refractivity (Wildman–Crippen MR) is 66.7 cm³/mol. The third-order valence-electron chi connectivity index (χ3n) is 3.37. The highest BCUT2D eigenvalue weighted by Gasteiger charge is 2.13. The standard InChI is InChI=1S/C14H21NO/c1-16-14-8-4-7-13(9-14)11-15-10-12-5-2-3-6-12/h4,7-9,12,15H,2-3,5-6,10-11H2,1H3. The molecule has 0 saturated heterocycles. The Kier molecular flexibility index (Phi) is 4.23. The minimum absolute atomic E-state index is 0.908. The van der Waals surface area contributed by atoms with Gasteiger partial charge in [0.05, 0.1) is 7.11 Å². The summed E-state index contributed by atoms with van der Waals surface area (Å²) >= 11 is 0. The molecule has 0 aliphatic heterocycles. The van der Waals surface area contributed by atoms with Crippen LogP contribution in [-0.4, -0.2) is 13.7 Å². The van der Waals surface area contributed by atoms with Gasteiger partial charge in [0.2, 0.25) is 0 Å². The van der Waals surface area contributed by atoms with Crippen LogP contribution in [0.3, 0.4) is 0 Å². The third-order valence-corrected chi connectivity index (χ3v) is 3.37. The monoisotopic (exact) mass is 219 g/mol. The van der Waals surface area contributed by atoms with E-state index in [-0.39, 0.29) is 0 Å². The molecule has 1 saturated carbocycles. The van der Waals surface area contributed by atoms with Gasteiger partial charge in [-0.1, -0.05) is 25.0 Å². The number of nitrogens with one attached hydrogen (secondary N) is 1. The second kappa shape index (κ2) is 5.90. The van der Waals surface area contributed by atoms with E-state index in [1.807, 2.05) is 12.1 Å². The summed E-state index contributed by atoms with van der Waals surface area (Å²) in [5, 5.41) is 3.54. The lowest BCUT2D eigenvalue weighted by molar-refractivity contribution is 0.413. The van der Waals surface area contributed by atoms with Gasteiger partial charge in [-0.25, -0.2) is 0 Å². The minimum atomic E-state index is 0.908. The van der Waals surface area contributed by atoms with E-state index < -0.39 is 0 Å². The maximum Gasteiger partial charge on any atom is 0.119 e. The van der Waals surface area contributed by atoms with E-state index in [1.54, 1.807) is 7.11 Å². The fourth-order valence-electron chi connectivity index (χ4n) is 2.42. The molecule has 2 rings (SSSR count). The van der Waals surface area contributed by atoms with Crippen molar-refractivity contribution in [3.63, 3.8) is 0 Å². The van der Waals surface area contributed by atoms with Crippen molar-refractivity contribution in [2.45, 2.75) is 32.2 Å². The topological polar surface area (TPSA) is 21.3 Å².